The van der Waals surface area contributed by atoms with Crippen molar-refractivity contribution < 1.29 is 9.47 Å². The van der Waals surface area contributed by atoms with Crippen LogP contribution in [0.2, 0.25) is 0 Å². The van der Waals surface area contributed by atoms with Crippen LogP contribution >= 0.6 is 12.2 Å². The molecule has 0 unspecified atom stereocenters. The summed E-state index contributed by atoms with van der Waals surface area (Å²) >= 11 is 4.80. The van der Waals surface area contributed by atoms with Gasteiger partial charge in [0.1, 0.15) is 22.2 Å². The van der Waals surface area contributed by atoms with Crippen molar-refractivity contribution in [3.05, 3.63) is 42.4 Å². The molecule has 2 N–H and O–H groups in total. The third-order valence-electron chi connectivity index (χ3n) is 2.22. The number of benzene rings is 1. The lowest BCUT2D eigenvalue weighted by Gasteiger charge is -2.07. The quantitative estimate of drug-likeness (QED) is 0.844. The van der Waals surface area contributed by atoms with Crippen LogP contribution in [0.1, 0.15) is 12.6 Å². The van der Waals surface area contributed by atoms with Crippen LogP contribution in [0.25, 0.3) is 0 Å². The maximum atomic E-state index is 5.56. The van der Waals surface area contributed by atoms with Crippen LogP contribution in [-0.2, 0) is 0 Å². The van der Waals surface area contributed by atoms with Crippen molar-refractivity contribution >= 4 is 17.2 Å². The minimum Gasteiger partial charge on any atom is -0.494 e. The van der Waals surface area contributed by atoms with Gasteiger partial charge in [-0.15, -0.1) is 0 Å². The van der Waals surface area contributed by atoms with Gasteiger partial charge >= 0.3 is 0 Å². The molecule has 5 nitrogen and oxygen atoms in total. The van der Waals surface area contributed by atoms with E-state index < -0.39 is 0 Å². The Bertz CT molecular complexity index is 572. The topological polar surface area (TPSA) is 70.3 Å². The van der Waals surface area contributed by atoms with E-state index in [1.165, 1.54) is 12.4 Å². The Kier molecular flexibility index (Phi) is 4.25. The first-order chi connectivity index (χ1) is 9.19. The summed E-state index contributed by atoms with van der Waals surface area (Å²) in [5.74, 6) is 1.74. The lowest BCUT2D eigenvalue weighted by atomic mass is 10.3. The van der Waals surface area contributed by atoms with Crippen LogP contribution in [0.15, 0.2) is 36.7 Å². The van der Waals surface area contributed by atoms with Crippen LogP contribution in [0.3, 0.4) is 0 Å². The zero-order chi connectivity index (χ0) is 13.7. The van der Waals surface area contributed by atoms with E-state index >= 15 is 0 Å². The van der Waals surface area contributed by atoms with Crippen molar-refractivity contribution in [1.82, 2.24) is 9.97 Å². The first-order valence-electron chi connectivity index (χ1n) is 5.71. The highest BCUT2D eigenvalue weighted by Crippen LogP contribution is 2.23. The lowest BCUT2D eigenvalue weighted by Crippen LogP contribution is -2.11. The molecule has 0 radical (unpaired) electrons. The summed E-state index contributed by atoms with van der Waals surface area (Å²) in [7, 11) is 0. The summed E-state index contributed by atoms with van der Waals surface area (Å²) < 4.78 is 10.9. The second-order valence-electron chi connectivity index (χ2n) is 3.61. The predicted octanol–water partition coefficient (Wildman–Crippen LogP) is 2.30. The second-order valence-corrected chi connectivity index (χ2v) is 4.05. The van der Waals surface area contributed by atoms with Gasteiger partial charge < -0.3 is 15.2 Å². The second kappa shape index (κ2) is 6.10. The van der Waals surface area contributed by atoms with E-state index in [-0.39, 0.29) is 4.99 Å². The van der Waals surface area contributed by atoms with Gasteiger partial charge in [-0.3, -0.25) is 0 Å². The monoisotopic (exact) mass is 275 g/mol. The number of aromatic nitrogens is 2. The Morgan fingerprint density at radius 2 is 2.05 bits per heavy atom. The summed E-state index contributed by atoms with van der Waals surface area (Å²) in [5.41, 5.74) is 5.90. The van der Waals surface area contributed by atoms with Gasteiger partial charge in [-0.05, 0) is 19.1 Å². The number of hydrogen-bond donors (Lipinski definition) is 1. The first-order valence-corrected chi connectivity index (χ1v) is 6.12. The average molecular weight is 275 g/mol. The third-order valence-corrected chi connectivity index (χ3v) is 2.43. The molecule has 0 saturated carbocycles. The van der Waals surface area contributed by atoms with Crippen molar-refractivity contribution in [3.8, 4) is 17.4 Å². The molecule has 0 amide bonds. The molecule has 0 aliphatic rings. The molecular weight excluding hydrogens is 262 g/mol. The summed E-state index contributed by atoms with van der Waals surface area (Å²) in [5, 5.41) is 0. The minimum atomic E-state index is 0.206. The van der Waals surface area contributed by atoms with Gasteiger partial charge in [-0.2, -0.15) is 0 Å². The number of ether oxygens (including phenoxy) is 2. The third kappa shape index (κ3) is 3.62. The number of nitrogens with two attached hydrogens (primary N) is 1. The molecule has 1 heterocycles. The smallest absolute Gasteiger partial charge is 0.237 e. The number of rotatable bonds is 5. The highest BCUT2D eigenvalue weighted by atomic mass is 32.1. The van der Waals surface area contributed by atoms with Crippen LogP contribution in [-0.4, -0.2) is 21.6 Å². The molecule has 0 spiro atoms. The maximum absolute atomic E-state index is 5.56. The Balaban J connectivity index is 2.12. The molecule has 2 aromatic rings. The molecule has 0 fully saturated rings. The van der Waals surface area contributed by atoms with Crippen LogP contribution < -0.4 is 15.2 Å². The molecule has 2 rings (SSSR count). The van der Waals surface area contributed by atoms with Crippen molar-refractivity contribution in [3.63, 3.8) is 0 Å². The van der Waals surface area contributed by atoms with Crippen molar-refractivity contribution in [1.29, 1.82) is 0 Å². The summed E-state index contributed by atoms with van der Waals surface area (Å²) in [6.07, 6.45) is 2.95. The maximum Gasteiger partial charge on any atom is 0.237 e. The van der Waals surface area contributed by atoms with Gasteiger partial charge in [0.15, 0.2) is 0 Å². The van der Waals surface area contributed by atoms with Crippen LogP contribution in [0, 0.1) is 0 Å². The minimum absolute atomic E-state index is 0.206. The highest BCUT2D eigenvalue weighted by Gasteiger charge is 2.03. The molecule has 0 atom stereocenters. The van der Waals surface area contributed by atoms with Gasteiger partial charge in [0.2, 0.25) is 5.88 Å². The Hall–Kier alpha value is -2.21. The largest absolute Gasteiger partial charge is 0.494 e. The van der Waals surface area contributed by atoms with Crippen LogP contribution in [0.5, 0.6) is 17.4 Å². The van der Waals surface area contributed by atoms with E-state index in [9.17, 15) is 0 Å². The van der Waals surface area contributed by atoms with Crippen LogP contribution in [0.4, 0.5) is 0 Å². The van der Waals surface area contributed by atoms with E-state index in [2.05, 4.69) is 9.97 Å². The molecule has 0 aliphatic carbocycles. The summed E-state index contributed by atoms with van der Waals surface area (Å²) in [4.78, 5) is 8.33. The first kappa shape index (κ1) is 13.2. The molecule has 0 bridgehead atoms. The van der Waals surface area contributed by atoms with E-state index in [1.807, 2.05) is 25.1 Å². The number of nitrogens with zero attached hydrogens (tertiary/aromatic N) is 2. The standard InChI is InChI=1S/C13H13N3O2S/c1-2-17-9-4-3-5-10(6-9)18-12-8-15-11(7-16-12)13(14)19/h3-8H,2H2,1H3,(H2,14,19). The molecule has 0 saturated heterocycles. The molecule has 19 heavy (non-hydrogen) atoms. The Labute approximate surface area is 116 Å². The normalized spacial score (nSPS) is 9.95. The highest BCUT2D eigenvalue weighted by molar-refractivity contribution is 7.80. The molecule has 0 aliphatic heterocycles. The SMILES string of the molecule is CCOc1cccc(Oc2cnc(C(N)=S)cn2)c1. The van der Waals surface area contributed by atoms with E-state index in [1.54, 1.807) is 6.07 Å². The molecular formula is C13H13N3O2S. The Morgan fingerprint density at radius 3 is 2.68 bits per heavy atom. The lowest BCUT2D eigenvalue weighted by molar-refractivity contribution is 0.338. The molecule has 1 aromatic carbocycles. The fraction of sp³-hybridized carbons (Fsp3) is 0.154. The van der Waals surface area contributed by atoms with Crippen molar-refractivity contribution in [2.24, 2.45) is 5.73 Å². The van der Waals surface area contributed by atoms with E-state index in [4.69, 9.17) is 27.4 Å². The summed E-state index contributed by atoms with van der Waals surface area (Å²) in [6.45, 7) is 2.53. The summed E-state index contributed by atoms with van der Waals surface area (Å²) in [6, 6.07) is 7.30. The van der Waals surface area contributed by atoms with E-state index in [0.717, 1.165) is 5.75 Å². The van der Waals surface area contributed by atoms with Gasteiger partial charge in [0, 0.05) is 6.07 Å². The fourth-order valence-electron chi connectivity index (χ4n) is 1.41. The molecule has 6 heteroatoms. The van der Waals surface area contributed by atoms with Gasteiger partial charge in [0.05, 0.1) is 19.0 Å². The van der Waals surface area contributed by atoms with Gasteiger partial charge in [-0.1, -0.05) is 18.3 Å². The van der Waals surface area contributed by atoms with E-state index in [0.29, 0.717) is 23.9 Å². The molecule has 98 valence electrons. The molecule has 1 aromatic heterocycles. The van der Waals surface area contributed by atoms with Crippen molar-refractivity contribution in [2.75, 3.05) is 6.61 Å². The number of hydrogen-bond acceptors (Lipinski definition) is 5. The zero-order valence-corrected chi connectivity index (χ0v) is 11.2. The zero-order valence-electron chi connectivity index (χ0n) is 10.4. The fourth-order valence-corrected chi connectivity index (χ4v) is 1.52. The number of thiocarbonyl (C=S) groups is 1. The Morgan fingerprint density at radius 1 is 1.26 bits per heavy atom. The van der Waals surface area contributed by atoms with Crippen molar-refractivity contribution in [2.45, 2.75) is 6.92 Å². The predicted molar refractivity (Wildman–Crippen MR) is 75.6 cm³/mol. The average Bonchev–Trinajstić information content (AvgIpc) is 2.40. The van der Waals surface area contributed by atoms with Gasteiger partial charge in [-0.25, -0.2) is 9.97 Å². The van der Waals surface area contributed by atoms with Gasteiger partial charge in [0.25, 0.3) is 0 Å².